The minimum Gasteiger partial charge on any atom is -0.494 e. The summed E-state index contributed by atoms with van der Waals surface area (Å²) >= 11 is 0. The molecule has 0 saturated heterocycles. The minimum atomic E-state index is -0.455. The molecule has 1 amide bonds. The van der Waals surface area contributed by atoms with Crippen LogP contribution in [0.1, 0.15) is 52.7 Å². The second kappa shape index (κ2) is 9.00. The summed E-state index contributed by atoms with van der Waals surface area (Å²) in [5.74, 6) is -0.426. The zero-order chi connectivity index (χ0) is 20.1. The lowest BCUT2D eigenvalue weighted by Gasteiger charge is -2.18. The Hall–Kier alpha value is -2.69. The average Bonchev–Trinajstić information content (AvgIpc) is 2.71. The molecule has 5 heteroatoms. The van der Waals surface area contributed by atoms with Gasteiger partial charge in [0.1, 0.15) is 0 Å². The predicted molar refractivity (Wildman–Crippen MR) is 106 cm³/mol. The van der Waals surface area contributed by atoms with E-state index in [1.54, 1.807) is 19.2 Å². The molecule has 0 saturated carbocycles. The second-order valence-corrected chi connectivity index (χ2v) is 7.33. The van der Waals surface area contributed by atoms with Gasteiger partial charge in [0, 0.05) is 32.0 Å². The van der Waals surface area contributed by atoms with Crippen LogP contribution in [0.4, 0.5) is 4.39 Å². The number of carbonyl (C=O) groups is 2. The highest BCUT2D eigenvalue weighted by Gasteiger charge is 2.16. The molecule has 0 spiro atoms. The molecule has 0 atom stereocenters. The normalized spacial score (nSPS) is 13.0. The van der Waals surface area contributed by atoms with Gasteiger partial charge in [-0.15, -0.1) is 0 Å². The van der Waals surface area contributed by atoms with Gasteiger partial charge in [-0.25, -0.2) is 4.39 Å². The summed E-state index contributed by atoms with van der Waals surface area (Å²) in [5.41, 5.74) is 3.97. The number of methoxy groups -OCH3 is 1. The van der Waals surface area contributed by atoms with Gasteiger partial charge in [0.2, 0.25) is 5.91 Å². The quantitative estimate of drug-likeness (QED) is 0.669. The SMILES string of the molecule is COc1ccc(CN(C)C(=O)CCC(=O)c2ccc3c(c2)CCCC3)cc1F. The fourth-order valence-corrected chi connectivity index (χ4v) is 3.63. The van der Waals surface area contributed by atoms with Crippen LogP contribution in [0.2, 0.25) is 0 Å². The maximum atomic E-state index is 13.8. The number of aryl methyl sites for hydroxylation is 2. The molecule has 0 bridgehead atoms. The maximum Gasteiger partial charge on any atom is 0.223 e. The molecule has 2 aromatic rings. The van der Waals surface area contributed by atoms with Crippen LogP contribution in [-0.4, -0.2) is 30.7 Å². The van der Waals surface area contributed by atoms with Crippen molar-refractivity contribution in [3.63, 3.8) is 0 Å². The third-order valence-corrected chi connectivity index (χ3v) is 5.30. The molecule has 2 aromatic carbocycles. The molecule has 0 fully saturated rings. The van der Waals surface area contributed by atoms with Gasteiger partial charge in [0.15, 0.2) is 17.3 Å². The topological polar surface area (TPSA) is 46.6 Å². The van der Waals surface area contributed by atoms with Crippen molar-refractivity contribution >= 4 is 11.7 Å². The van der Waals surface area contributed by atoms with E-state index in [9.17, 15) is 14.0 Å². The smallest absolute Gasteiger partial charge is 0.223 e. The molecule has 4 nitrogen and oxygen atoms in total. The van der Waals surface area contributed by atoms with E-state index in [1.165, 1.54) is 42.0 Å². The highest BCUT2D eigenvalue weighted by atomic mass is 19.1. The summed E-state index contributed by atoms with van der Waals surface area (Å²) in [5, 5.41) is 0. The number of nitrogens with zero attached hydrogens (tertiary/aromatic N) is 1. The summed E-state index contributed by atoms with van der Waals surface area (Å²) in [7, 11) is 3.07. The summed E-state index contributed by atoms with van der Waals surface area (Å²) in [6.07, 6.45) is 4.80. The van der Waals surface area contributed by atoms with Gasteiger partial charge in [-0.2, -0.15) is 0 Å². The molecule has 0 aliphatic heterocycles. The molecular formula is C23H26FNO3. The number of hydrogen-bond acceptors (Lipinski definition) is 3. The summed E-state index contributed by atoms with van der Waals surface area (Å²) in [4.78, 5) is 26.4. The highest BCUT2D eigenvalue weighted by Crippen LogP contribution is 2.23. The molecule has 0 heterocycles. The monoisotopic (exact) mass is 383 g/mol. The van der Waals surface area contributed by atoms with Crippen molar-refractivity contribution in [3.8, 4) is 5.75 Å². The van der Waals surface area contributed by atoms with Crippen LogP contribution in [-0.2, 0) is 24.2 Å². The van der Waals surface area contributed by atoms with E-state index in [4.69, 9.17) is 4.74 Å². The Kier molecular flexibility index (Phi) is 6.45. The number of Topliss-reactive ketones (excluding diaryl/α,β-unsaturated/α-hetero) is 1. The molecule has 1 aliphatic rings. The Morgan fingerprint density at radius 3 is 2.50 bits per heavy atom. The molecule has 0 N–H and O–H groups in total. The molecule has 3 rings (SSSR count). The number of amides is 1. The number of benzene rings is 2. The number of carbonyl (C=O) groups excluding carboxylic acids is 2. The average molecular weight is 383 g/mol. The Morgan fingerprint density at radius 1 is 1.04 bits per heavy atom. The van der Waals surface area contributed by atoms with Gasteiger partial charge in [0.05, 0.1) is 7.11 Å². The summed E-state index contributed by atoms with van der Waals surface area (Å²) in [6, 6.07) is 10.5. The number of ketones is 1. The fraction of sp³-hybridized carbons (Fsp3) is 0.391. The van der Waals surface area contributed by atoms with Gasteiger partial charge in [0.25, 0.3) is 0 Å². The number of halogens is 1. The number of fused-ring (bicyclic) bond motifs is 1. The van der Waals surface area contributed by atoms with Crippen LogP contribution in [0.5, 0.6) is 5.75 Å². The fourth-order valence-electron chi connectivity index (χ4n) is 3.63. The summed E-state index contributed by atoms with van der Waals surface area (Å²) < 4.78 is 18.7. The Bertz CT molecular complexity index is 878. The third-order valence-electron chi connectivity index (χ3n) is 5.30. The second-order valence-electron chi connectivity index (χ2n) is 7.33. The van der Waals surface area contributed by atoms with Gasteiger partial charge < -0.3 is 9.64 Å². The zero-order valence-electron chi connectivity index (χ0n) is 16.5. The van der Waals surface area contributed by atoms with E-state index < -0.39 is 5.82 Å². The number of rotatable bonds is 7. The minimum absolute atomic E-state index is 0.00869. The van der Waals surface area contributed by atoms with Gasteiger partial charge >= 0.3 is 0 Å². The van der Waals surface area contributed by atoms with E-state index in [1.807, 2.05) is 18.2 Å². The summed E-state index contributed by atoms with van der Waals surface area (Å²) in [6.45, 7) is 0.285. The third kappa shape index (κ3) is 4.77. The van der Waals surface area contributed by atoms with Crippen molar-refractivity contribution in [2.24, 2.45) is 0 Å². The highest BCUT2D eigenvalue weighted by molar-refractivity contribution is 5.98. The largest absolute Gasteiger partial charge is 0.494 e. The first kappa shape index (κ1) is 20.1. The standard InChI is InChI=1S/C23H26FNO3/c1-25(15-16-7-11-22(28-2)20(24)13-16)23(27)12-10-21(26)19-9-8-17-5-3-4-6-18(17)14-19/h7-9,11,13-14H,3-6,10,12,15H2,1-2H3. The Balaban J connectivity index is 1.54. The molecule has 28 heavy (non-hydrogen) atoms. The van der Waals surface area contributed by atoms with Crippen LogP contribution in [0.15, 0.2) is 36.4 Å². The van der Waals surface area contributed by atoms with Crippen molar-refractivity contribution in [3.05, 3.63) is 64.5 Å². The van der Waals surface area contributed by atoms with E-state index in [-0.39, 0.29) is 36.8 Å². The molecular weight excluding hydrogens is 357 g/mol. The lowest BCUT2D eigenvalue weighted by Crippen LogP contribution is -2.26. The van der Waals surface area contributed by atoms with Crippen molar-refractivity contribution in [2.45, 2.75) is 45.1 Å². The van der Waals surface area contributed by atoms with Crippen LogP contribution < -0.4 is 4.74 Å². The molecule has 148 valence electrons. The predicted octanol–water partition coefficient (Wildman–Crippen LogP) is 4.33. The zero-order valence-corrected chi connectivity index (χ0v) is 16.5. The van der Waals surface area contributed by atoms with Crippen molar-refractivity contribution in [1.29, 1.82) is 0 Å². The molecule has 1 aliphatic carbocycles. The van der Waals surface area contributed by atoms with Gasteiger partial charge in [-0.05, 0) is 60.6 Å². The van der Waals surface area contributed by atoms with E-state index >= 15 is 0 Å². The first-order valence-corrected chi connectivity index (χ1v) is 9.69. The van der Waals surface area contributed by atoms with E-state index in [2.05, 4.69) is 0 Å². The van der Waals surface area contributed by atoms with Crippen LogP contribution in [0.3, 0.4) is 0 Å². The molecule has 0 radical (unpaired) electrons. The number of ether oxygens (including phenoxy) is 1. The maximum absolute atomic E-state index is 13.8. The first-order valence-electron chi connectivity index (χ1n) is 9.69. The van der Waals surface area contributed by atoms with Crippen molar-refractivity contribution < 1.29 is 18.7 Å². The van der Waals surface area contributed by atoms with Crippen LogP contribution in [0.25, 0.3) is 0 Å². The Labute approximate surface area is 165 Å². The lowest BCUT2D eigenvalue weighted by atomic mass is 9.89. The van der Waals surface area contributed by atoms with Crippen LogP contribution >= 0.6 is 0 Å². The molecule has 0 unspecified atom stereocenters. The first-order chi connectivity index (χ1) is 13.5. The number of hydrogen-bond donors (Lipinski definition) is 0. The van der Waals surface area contributed by atoms with Crippen molar-refractivity contribution in [1.82, 2.24) is 4.90 Å². The van der Waals surface area contributed by atoms with Gasteiger partial charge in [-0.1, -0.05) is 18.2 Å². The van der Waals surface area contributed by atoms with E-state index in [0.29, 0.717) is 11.1 Å². The Morgan fingerprint density at radius 2 is 1.79 bits per heavy atom. The molecule has 0 aromatic heterocycles. The van der Waals surface area contributed by atoms with Crippen molar-refractivity contribution in [2.75, 3.05) is 14.2 Å². The van der Waals surface area contributed by atoms with E-state index in [0.717, 1.165) is 12.8 Å². The lowest BCUT2D eigenvalue weighted by molar-refractivity contribution is -0.130. The van der Waals surface area contributed by atoms with Crippen LogP contribution in [0, 0.1) is 5.82 Å². The van der Waals surface area contributed by atoms with Gasteiger partial charge in [-0.3, -0.25) is 9.59 Å².